The van der Waals surface area contributed by atoms with Crippen molar-refractivity contribution in [1.29, 1.82) is 0 Å². The molecule has 1 aliphatic heterocycles. The van der Waals surface area contributed by atoms with Crippen LogP contribution in [0.25, 0.3) is 0 Å². The van der Waals surface area contributed by atoms with Crippen LogP contribution in [0.3, 0.4) is 0 Å². The van der Waals surface area contributed by atoms with Crippen LogP contribution in [0.5, 0.6) is 0 Å². The second-order valence-electron chi connectivity index (χ2n) is 3.42. The summed E-state index contributed by atoms with van der Waals surface area (Å²) in [6.07, 6.45) is 10.2. The average molecular weight is 175 g/mol. The maximum Gasteiger partial charge on any atom is 0.126 e. The van der Waals surface area contributed by atoms with Crippen LogP contribution in [0.2, 0.25) is 0 Å². The fourth-order valence-electron chi connectivity index (χ4n) is 1.88. The van der Waals surface area contributed by atoms with E-state index in [-0.39, 0.29) is 0 Å². The summed E-state index contributed by atoms with van der Waals surface area (Å²) >= 11 is 0. The van der Waals surface area contributed by atoms with Crippen molar-refractivity contribution in [1.82, 2.24) is 14.9 Å². The second-order valence-corrected chi connectivity index (χ2v) is 3.42. The van der Waals surface area contributed by atoms with E-state index < -0.39 is 0 Å². The molecular formula is C10H13N3. The molecule has 68 valence electrons. The number of aromatic nitrogens is 2. The molecule has 2 unspecified atom stereocenters. The van der Waals surface area contributed by atoms with Gasteiger partial charge in [0.1, 0.15) is 5.82 Å². The van der Waals surface area contributed by atoms with E-state index in [9.17, 15) is 0 Å². The predicted molar refractivity (Wildman–Crippen MR) is 51.1 cm³/mol. The van der Waals surface area contributed by atoms with Crippen molar-refractivity contribution in [2.24, 2.45) is 0 Å². The fraction of sp³-hybridized carbons (Fsp3) is 0.500. The van der Waals surface area contributed by atoms with Gasteiger partial charge in [-0.3, -0.25) is 5.32 Å². The molecule has 2 heterocycles. The first kappa shape index (κ1) is 8.33. The van der Waals surface area contributed by atoms with Gasteiger partial charge in [-0.2, -0.15) is 0 Å². The monoisotopic (exact) mass is 175 g/mol. The van der Waals surface area contributed by atoms with Crippen LogP contribution in [0, 0.1) is 12.3 Å². The molecule has 0 saturated heterocycles. The Morgan fingerprint density at radius 2 is 2.69 bits per heavy atom. The topological polar surface area (TPSA) is 29.9 Å². The molecule has 3 nitrogen and oxygen atoms in total. The minimum absolute atomic E-state index is 0.334. The van der Waals surface area contributed by atoms with Gasteiger partial charge in [0.25, 0.3) is 0 Å². The molecule has 3 heteroatoms. The van der Waals surface area contributed by atoms with Crippen molar-refractivity contribution in [3.63, 3.8) is 0 Å². The minimum Gasteiger partial charge on any atom is -0.331 e. The van der Waals surface area contributed by atoms with Gasteiger partial charge < -0.3 is 4.57 Å². The predicted octanol–water partition coefficient (Wildman–Crippen LogP) is 1.11. The molecule has 0 aliphatic carbocycles. The highest BCUT2D eigenvalue weighted by molar-refractivity contribution is 5.08. The van der Waals surface area contributed by atoms with Gasteiger partial charge in [0.05, 0.1) is 12.6 Å². The zero-order valence-electron chi connectivity index (χ0n) is 7.70. The number of hydrogen-bond acceptors (Lipinski definition) is 2. The van der Waals surface area contributed by atoms with Crippen LogP contribution in [0.4, 0.5) is 0 Å². The van der Waals surface area contributed by atoms with Gasteiger partial charge >= 0.3 is 0 Å². The Kier molecular flexibility index (Phi) is 2.07. The number of fused-ring (bicyclic) bond motifs is 1. The lowest BCUT2D eigenvalue weighted by Crippen LogP contribution is -2.20. The van der Waals surface area contributed by atoms with Crippen LogP contribution >= 0.6 is 0 Å². The van der Waals surface area contributed by atoms with Gasteiger partial charge in [-0.25, -0.2) is 4.98 Å². The number of rotatable bonds is 2. The Bertz CT molecular complexity index is 334. The molecule has 0 bridgehead atoms. The Morgan fingerprint density at radius 3 is 3.46 bits per heavy atom. The third-order valence-electron chi connectivity index (χ3n) is 2.51. The zero-order chi connectivity index (χ0) is 9.26. The van der Waals surface area contributed by atoms with Crippen molar-refractivity contribution < 1.29 is 0 Å². The molecule has 0 aromatic carbocycles. The molecule has 1 N–H and O–H groups in total. The van der Waals surface area contributed by atoms with E-state index in [1.54, 1.807) is 0 Å². The maximum absolute atomic E-state index is 5.20. The highest BCUT2D eigenvalue weighted by Crippen LogP contribution is 2.32. The summed E-state index contributed by atoms with van der Waals surface area (Å²) in [6.45, 7) is 2.81. The lowest BCUT2D eigenvalue weighted by molar-refractivity contribution is 0.504. The molecule has 0 amide bonds. The van der Waals surface area contributed by atoms with E-state index in [4.69, 9.17) is 6.42 Å². The van der Waals surface area contributed by atoms with Crippen molar-refractivity contribution in [3.8, 4) is 12.3 Å². The third kappa shape index (κ3) is 1.34. The Balaban J connectivity index is 2.15. The smallest absolute Gasteiger partial charge is 0.126 e. The van der Waals surface area contributed by atoms with Crippen LogP contribution in [-0.4, -0.2) is 16.1 Å². The fourth-order valence-corrected chi connectivity index (χ4v) is 1.88. The summed E-state index contributed by atoms with van der Waals surface area (Å²) in [5.41, 5.74) is 0. The first-order valence-electron chi connectivity index (χ1n) is 4.52. The van der Waals surface area contributed by atoms with Crippen LogP contribution in [0.15, 0.2) is 12.4 Å². The lowest BCUT2D eigenvalue weighted by Gasteiger charge is -2.07. The van der Waals surface area contributed by atoms with Crippen LogP contribution < -0.4 is 5.32 Å². The molecule has 0 fully saturated rings. The van der Waals surface area contributed by atoms with Crippen molar-refractivity contribution in [2.75, 3.05) is 6.54 Å². The van der Waals surface area contributed by atoms with Gasteiger partial charge in [-0.05, 0) is 13.3 Å². The zero-order valence-corrected chi connectivity index (χ0v) is 7.70. The van der Waals surface area contributed by atoms with E-state index in [1.807, 2.05) is 12.4 Å². The molecule has 1 aromatic rings. The molecule has 0 spiro atoms. The second kappa shape index (κ2) is 3.23. The largest absolute Gasteiger partial charge is 0.331 e. The summed E-state index contributed by atoms with van der Waals surface area (Å²) < 4.78 is 2.20. The molecule has 0 radical (unpaired) electrons. The van der Waals surface area contributed by atoms with Gasteiger partial charge in [0.2, 0.25) is 0 Å². The molecule has 13 heavy (non-hydrogen) atoms. The highest BCUT2D eigenvalue weighted by Gasteiger charge is 2.27. The van der Waals surface area contributed by atoms with Crippen molar-refractivity contribution >= 4 is 0 Å². The normalized spacial score (nSPS) is 25.5. The van der Waals surface area contributed by atoms with Crippen LogP contribution in [0.1, 0.15) is 31.3 Å². The standard InChI is InChI=1S/C10H13N3/c1-3-4-11-9-7-8(2)13-6-5-12-10(9)13/h1,5-6,8-9,11H,4,7H2,2H3. The van der Waals surface area contributed by atoms with E-state index in [0.717, 1.165) is 12.2 Å². The number of imidazole rings is 1. The average Bonchev–Trinajstić information content (AvgIpc) is 2.67. The molecule has 0 saturated carbocycles. The number of terminal acetylenes is 1. The van der Waals surface area contributed by atoms with Gasteiger partial charge in [-0.15, -0.1) is 6.42 Å². The number of nitrogens with one attached hydrogen (secondary N) is 1. The number of nitrogens with zero attached hydrogens (tertiary/aromatic N) is 2. The summed E-state index contributed by atoms with van der Waals surface area (Å²) in [7, 11) is 0. The highest BCUT2D eigenvalue weighted by atomic mass is 15.2. The van der Waals surface area contributed by atoms with Gasteiger partial charge in [0.15, 0.2) is 0 Å². The minimum atomic E-state index is 0.334. The molecular weight excluding hydrogens is 162 g/mol. The van der Waals surface area contributed by atoms with Crippen LogP contribution in [-0.2, 0) is 0 Å². The summed E-state index contributed by atoms with van der Waals surface area (Å²) in [6, 6.07) is 0.869. The first-order chi connectivity index (χ1) is 6.33. The maximum atomic E-state index is 5.20. The molecule has 2 rings (SSSR count). The first-order valence-corrected chi connectivity index (χ1v) is 4.52. The van der Waals surface area contributed by atoms with Crippen molar-refractivity contribution in [3.05, 3.63) is 18.2 Å². The summed E-state index contributed by atoms with van der Waals surface area (Å²) in [4.78, 5) is 4.31. The molecule has 2 atom stereocenters. The molecule has 1 aliphatic rings. The van der Waals surface area contributed by atoms with E-state index >= 15 is 0 Å². The van der Waals surface area contributed by atoms with E-state index in [1.165, 1.54) is 0 Å². The Morgan fingerprint density at radius 1 is 1.85 bits per heavy atom. The lowest BCUT2D eigenvalue weighted by atomic mass is 10.2. The van der Waals surface area contributed by atoms with E-state index in [2.05, 4.69) is 27.7 Å². The Labute approximate surface area is 78.2 Å². The quantitative estimate of drug-likeness (QED) is 0.682. The molecule has 1 aromatic heterocycles. The van der Waals surface area contributed by atoms with Crippen molar-refractivity contribution in [2.45, 2.75) is 25.4 Å². The van der Waals surface area contributed by atoms with E-state index in [0.29, 0.717) is 18.6 Å². The SMILES string of the molecule is C#CCNC1CC(C)n2ccnc21. The summed E-state index contributed by atoms with van der Waals surface area (Å²) in [5, 5.41) is 3.28. The summed E-state index contributed by atoms with van der Waals surface area (Å²) in [5.74, 6) is 3.70. The number of hydrogen-bond donors (Lipinski definition) is 1. The van der Waals surface area contributed by atoms with Gasteiger partial charge in [-0.1, -0.05) is 5.92 Å². The van der Waals surface area contributed by atoms with Gasteiger partial charge in [0, 0.05) is 18.4 Å². The third-order valence-corrected chi connectivity index (χ3v) is 2.51. The Hall–Kier alpha value is -1.27.